The van der Waals surface area contributed by atoms with E-state index in [2.05, 4.69) is 46.5 Å². The van der Waals surface area contributed by atoms with Gasteiger partial charge in [0.15, 0.2) is 0 Å². The normalized spacial score (nSPS) is 10.6. The van der Waals surface area contributed by atoms with E-state index in [0.717, 1.165) is 10.9 Å². The molecule has 1 heterocycles. The van der Waals surface area contributed by atoms with Crippen LogP contribution in [0.4, 0.5) is 5.82 Å². The van der Waals surface area contributed by atoms with Crippen molar-refractivity contribution >= 4 is 22.6 Å². The molecule has 0 saturated carbocycles. The fourth-order valence-electron chi connectivity index (χ4n) is 2.32. The number of anilines is 1. The number of amides is 1. The van der Waals surface area contributed by atoms with Crippen LogP contribution in [0.2, 0.25) is 0 Å². The number of nitrogens with one attached hydrogen (secondary N) is 1. The van der Waals surface area contributed by atoms with Crippen molar-refractivity contribution in [3.63, 3.8) is 0 Å². The molecule has 2 aromatic carbocycles. The molecule has 0 bridgehead atoms. The molecule has 0 atom stereocenters. The number of carbonyl (C=O) groups excluding carboxylic acids is 1. The minimum absolute atomic E-state index is 0.401. The molecule has 0 radical (unpaired) electrons. The number of nitrogens with zero attached hydrogens (tertiary/aromatic N) is 2. The Hall–Kier alpha value is -2.95. The molecule has 0 saturated heterocycles. The van der Waals surface area contributed by atoms with Crippen molar-refractivity contribution in [1.82, 2.24) is 9.97 Å². The number of nitrogens with two attached hydrogens (primary N) is 1. The van der Waals surface area contributed by atoms with Gasteiger partial charge in [-0.3, -0.25) is 4.79 Å². The first-order valence-corrected chi connectivity index (χ1v) is 6.98. The number of hydrogen-bond donors (Lipinski definition) is 2. The summed E-state index contributed by atoms with van der Waals surface area (Å²) < 4.78 is 0. The number of aryl methyl sites for hydroxylation is 1. The van der Waals surface area contributed by atoms with Crippen LogP contribution in [0.1, 0.15) is 21.5 Å². The molecule has 0 aliphatic rings. The SMILES string of the molecule is Cc1ccc(CNc2ncnc3c(C(N)=O)cccc23)cc1. The fraction of sp³-hybridized carbons (Fsp3) is 0.118. The van der Waals surface area contributed by atoms with E-state index in [1.165, 1.54) is 11.9 Å². The number of hydrogen-bond acceptors (Lipinski definition) is 4. The number of aromatic nitrogens is 2. The van der Waals surface area contributed by atoms with Gasteiger partial charge in [-0.15, -0.1) is 0 Å². The number of benzene rings is 2. The zero-order valence-corrected chi connectivity index (χ0v) is 12.2. The average molecular weight is 292 g/mol. The predicted octanol–water partition coefficient (Wildman–Crippen LogP) is 2.65. The van der Waals surface area contributed by atoms with Crippen LogP contribution in [0.15, 0.2) is 48.8 Å². The molecular formula is C17H16N4O. The Kier molecular flexibility index (Phi) is 3.70. The zero-order chi connectivity index (χ0) is 15.5. The molecule has 0 aliphatic carbocycles. The number of carbonyl (C=O) groups is 1. The van der Waals surface area contributed by atoms with Gasteiger partial charge in [-0.05, 0) is 24.6 Å². The smallest absolute Gasteiger partial charge is 0.250 e. The van der Waals surface area contributed by atoms with E-state index in [0.29, 0.717) is 23.4 Å². The van der Waals surface area contributed by atoms with Crippen LogP contribution < -0.4 is 11.1 Å². The highest BCUT2D eigenvalue weighted by Crippen LogP contribution is 2.22. The second kappa shape index (κ2) is 5.81. The van der Waals surface area contributed by atoms with E-state index in [4.69, 9.17) is 5.73 Å². The number of para-hydroxylation sites is 1. The predicted molar refractivity (Wildman–Crippen MR) is 86.6 cm³/mol. The van der Waals surface area contributed by atoms with E-state index in [-0.39, 0.29) is 0 Å². The molecule has 0 fully saturated rings. The van der Waals surface area contributed by atoms with Gasteiger partial charge < -0.3 is 11.1 Å². The lowest BCUT2D eigenvalue weighted by Gasteiger charge is -2.10. The second-order valence-electron chi connectivity index (χ2n) is 5.13. The van der Waals surface area contributed by atoms with Gasteiger partial charge in [0.2, 0.25) is 0 Å². The summed E-state index contributed by atoms with van der Waals surface area (Å²) in [5, 5.41) is 4.07. The molecule has 1 amide bonds. The van der Waals surface area contributed by atoms with Gasteiger partial charge in [0.1, 0.15) is 12.1 Å². The molecule has 5 nitrogen and oxygen atoms in total. The summed E-state index contributed by atoms with van der Waals surface area (Å²) in [4.78, 5) is 19.9. The Labute approximate surface area is 128 Å². The number of rotatable bonds is 4. The Morgan fingerprint density at radius 3 is 2.64 bits per heavy atom. The maximum atomic E-state index is 11.5. The number of primary amides is 1. The highest BCUT2D eigenvalue weighted by Gasteiger charge is 2.10. The third-order valence-electron chi connectivity index (χ3n) is 3.51. The third kappa shape index (κ3) is 2.74. The summed E-state index contributed by atoms with van der Waals surface area (Å²) in [6.45, 7) is 2.70. The van der Waals surface area contributed by atoms with Gasteiger partial charge in [-0.2, -0.15) is 0 Å². The van der Waals surface area contributed by atoms with Crippen molar-refractivity contribution in [1.29, 1.82) is 0 Å². The Bertz CT molecular complexity index is 828. The summed E-state index contributed by atoms with van der Waals surface area (Å²) in [6.07, 6.45) is 1.44. The Balaban J connectivity index is 1.92. The summed E-state index contributed by atoms with van der Waals surface area (Å²) in [5.74, 6) is 0.197. The summed E-state index contributed by atoms with van der Waals surface area (Å²) in [7, 11) is 0. The molecule has 0 unspecified atom stereocenters. The van der Waals surface area contributed by atoms with E-state index in [1.807, 2.05) is 6.07 Å². The first-order valence-electron chi connectivity index (χ1n) is 6.98. The van der Waals surface area contributed by atoms with Crippen molar-refractivity contribution in [2.24, 2.45) is 5.73 Å². The van der Waals surface area contributed by atoms with E-state index in [1.54, 1.807) is 12.1 Å². The molecule has 0 aliphatic heterocycles. The van der Waals surface area contributed by atoms with Crippen molar-refractivity contribution in [3.05, 3.63) is 65.5 Å². The molecule has 0 spiro atoms. The van der Waals surface area contributed by atoms with Gasteiger partial charge in [-0.1, -0.05) is 35.9 Å². The van der Waals surface area contributed by atoms with Gasteiger partial charge in [0.25, 0.3) is 5.91 Å². The van der Waals surface area contributed by atoms with Crippen LogP contribution in [-0.4, -0.2) is 15.9 Å². The first-order chi connectivity index (χ1) is 10.6. The van der Waals surface area contributed by atoms with Crippen LogP contribution in [0.5, 0.6) is 0 Å². The molecule has 1 aromatic heterocycles. The van der Waals surface area contributed by atoms with E-state index >= 15 is 0 Å². The monoisotopic (exact) mass is 292 g/mol. The largest absolute Gasteiger partial charge is 0.366 e. The van der Waals surface area contributed by atoms with Crippen molar-refractivity contribution in [2.75, 3.05) is 5.32 Å². The quantitative estimate of drug-likeness (QED) is 0.774. The second-order valence-corrected chi connectivity index (χ2v) is 5.13. The highest BCUT2D eigenvalue weighted by molar-refractivity contribution is 6.06. The van der Waals surface area contributed by atoms with Crippen LogP contribution in [0, 0.1) is 6.92 Å². The molecule has 3 aromatic rings. The molecule has 3 rings (SSSR count). The van der Waals surface area contributed by atoms with Crippen molar-refractivity contribution < 1.29 is 4.79 Å². The van der Waals surface area contributed by atoms with Gasteiger partial charge in [-0.25, -0.2) is 9.97 Å². The van der Waals surface area contributed by atoms with Crippen LogP contribution in [0.3, 0.4) is 0 Å². The fourth-order valence-corrected chi connectivity index (χ4v) is 2.32. The summed E-state index contributed by atoms with van der Waals surface area (Å²) >= 11 is 0. The first kappa shape index (κ1) is 14.0. The number of fused-ring (bicyclic) bond motifs is 1. The van der Waals surface area contributed by atoms with Gasteiger partial charge >= 0.3 is 0 Å². The lowest BCUT2D eigenvalue weighted by atomic mass is 10.1. The molecule has 3 N–H and O–H groups in total. The molecular weight excluding hydrogens is 276 g/mol. The van der Waals surface area contributed by atoms with E-state index in [9.17, 15) is 4.79 Å². The summed E-state index contributed by atoms with van der Waals surface area (Å²) in [6, 6.07) is 13.6. The lowest BCUT2D eigenvalue weighted by molar-refractivity contribution is 0.100. The Morgan fingerprint density at radius 2 is 1.91 bits per heavy atom. The lowest BCUT2D eigenvalue weighted by Crippen LogP contribution is -2.12. The third-order valence-corrected chi connectivity index (χ3v) is 3.51. The van der Waals surface area contributed by atoms with Crippen LogP contribution in [0.25, 0.3) is 10.9 Å². The average Bonchev–Trinajstić information content (AvgIpc) is 2.53. The van der Waals surface area contributed by atoms with Crippen LogP contribution >= 0.6 is 0 Å². The van der Waals surface area contributed by atoms with Crippen LogP contribution in [-0.2, 0) is 6.54 Å². The van der Waals surface area contributed by atoms with Crippen molar-refractivity contribution in [3.8, 4) is 0 Å². The zero-order valence-electron chi connectivity index (χ0n) is 12.2. The minimum atomic E-state index is -0.492. The molecule has 5 heteroatoms. The topological polar surface area (TPSA) is 80.9 Å². The standard InChI is InChI=1S/C17H16N4O/c1-11-5-7-12(8-6-11)9-19-17-14-4-2-3-13(16(18)22)15(14)20-10-21-17/h2-8,10H,9H2,1H3,(H2,18,22)(H,19,20,21). The van der Waals surface area contributed by atoms with Gasteiger partial charge in [0.05, 0.1) is 11.1 Å². The Morgan fingerprint density at radius 1 is 1.14 bits per heavy atom. The maximum Gasteiger partial charge on any atom is 0.250 e. The van der Waals surface area contributed by atoms with E-state index < -0.39 is 5.91 Å². The highest BCUT2D eigenvalue weighted by atomic mass is 16.1. The molecule has 22 heavy (non-hydrogen) atoms. The summed E-state index contributed by atoms with van der Waals surface area (Å²) in [5.41, 5.74) is 8.74. The minimum Gasteiger partial charge on any atom is -0.366 e. The maximum absolute atomic E-state index is 11.5. The van der Waals surface area contributed by atoms with Crippen molar-refractivity contribution in [2.45, 2.75) is 13.5 Å². The van der Waals surface area contributed by atoms with Gasteiger partial charge in [0, 0.05) is 11.9 Å². The molecule has 110 valence electrons.